The summed E-state index contributed by atoms with van der Waals surface area (Å²) in [6, 6.07) is 0.271. The van der Waals surface area contributed by atoms with E-state index in [0.29, 0.717) is 0 Å². The third kappa shape index (κ3) is 6.98. The van der Waals surface area contributed by atoms with Gasteiger partial charge in [-0.2, -0.15) is 0 Å². The van der Waals surface area contributed by atoms with Gasteiger partial charge in [-0.25, -0.2) is 0 Å². The summed E-state index contributed by atoms with van der Waals surface area (Å²) in [4.78, 5) is 5.12. The number of hydrogen-bond acceptors (Lipinski definition) is 1. The van der Waals surface area contributed by atoms with Gasteiger partial charge >= 0.3 is 0 Å². The molecule has 0 aliphatic rings. The maximum Gasteiger partial charge on any atom is 0 e. The monoisotopic (exact) mass is 565 g/mol. The molecule has 1 atom stereocenters. The van der Waals surface area contributed by atoms with Gasteiger partial charge in [-0.05, 0) is 26.7 Å². The van der Waals surface area contributed by atoms with Crippen molar-refractivity contribution in [1.29, 1.82) is 0 Å². The Kier molecular flexibility index (Phi) is 12.8. The second-order valence-electron chi connectivity index (χ2n) is 1.98. The maximum absolute atomic E-state index is 6.47. The van der Waals surface area contributed by atoms with Crippen LogP contribution in [0.2, 0.25) is 0 Å². The Balaban J connectivity index is -0.000000245. The summed E-state index contributed by atoms with van der Waals surface area (Å²) in [7, 11) is 3.90. The van der Waals surface area contributed by atoms with E-state index in [1.165, 1.54) is 0 Å². The quantitative estimate of drug-likeness (QED) is 0.455. The molecule has 1 unspecified atom stereocenters. The van der Waals surface area contributed by atoms with Crippen molar-refractivity contribution in [3.05, 3.63) is 18.0 Å². The van der Waals surface area contributed by atoms with Crippen LogP contribution < -0.4 is 0 Å². The van der Waals surface area contributed by atoms with E-state index in [1.807, 2.05) is 25.9 Å². The van der Waals surface area contributed by atoms with Gasteiger partial charge in [-0.15, -0.1) is 0 Å². The Morgan fingerprint density at radius 3 is 2.00 bits per heavy atom. The third-order valence-electron chi connectivity index (χ3n) is 1.10. The van der Waals surface area contributed by atoms with Crippen LogP contribution in [0.15, 0.2) is 0 Å². The molecule has 0 saturated carbocycles. The van der Waals surface area contributed by atoms with E-state index in [1.54, 1.807) is 6.54 Å². The molecule has 0 N–H and O–H groups in total. The Hall–Kier alpha value is -1.02. The molecule has 0 amide bonds. The molecule has 0 bridgehead atoms. The van der Waals surface area contributed by atoms with E-state index < -0.39 is 0 Å². The van der Waals surface area contributed by atoms with Crippen molar-refractivity contribution in [3.8, 4) is 0 Å². The summed E-state index contributed by atoms with van der Waals surface area (Å²) in [5, 5.41) is 0. The molecule has 10 heavy (non-hydrogen) atoms. The molecule has 55 valence electrons. The summed E-state index contributed by atoms with van der Waals surface area (Å²) in [5.74, 6) is 0. The summed E-state index contributed by atoms with van der Waals surface area (Å²) in [6.07, 6.45) is 0. The predicted octanol–water partition coefficient (Wildman–Crippen LogP) is 1.02. The fourth-order valence-corrected chi connectivity index (χ4v) is 0.241. The van der Waals surface area contributed by atoms with Crippen LogP contribution in [0.25, 0.3) is 4.85 Å². The molecule has 0 aromatic rings. The summed E-state index contributed by atoms with van der Waals surface area (Å²) < 4.78 is 0. The number of rotatable bonds is 2. The Labute approximate surface area is 70.7 Å². The van der Waals surface area contributed by atoms with Crippen molar-refractivity contribution < 1.29 is 20.4 Å². The topological polar surface area (TPSA) is 7.60 Å². The second-order valence-corrected chi connectivity index (χ2v) is 1.98. The van der Waals surface area contributed by atoms with Crippen molar-refractivity contribution in [2.75, 3.05) is 14.1 Å². The molecule has 0 saturated heterocycles. The average molecular weight is 564 g/mol. The zero-order chi connectivity index (χ0) is 6.57. The Morgan fingerprint density at radius 2 is 1.90 bits per heavy atom. The van der Waals surface area contributed by atoms with Gasteiger partial charge in [0.15, 0.2) is 0 Å². The summed E-state index contributed by atoms with van der Waals surface area (Å²) in [6.45, 7) is 10.0. The van der Waals surface area contributed by atoms with Crippen molar-refractivity contribution in [1.82, 2.24) is 4.90 Å². The molecule has 1 radical (unpaired) electrons. The van der Waals surface area contributed by atoms with E-state index in [-0.39, 0.29) is 26.5 Å². The minimum Gasteiger partial charge on any atom is -0.460 e. The fourth-order valence-electron chi connectivity index (χ4n) is 0.241. The molecule has 0 aromatic heterocycles. The Bertz CT molecular complexity index is 100. The average Bonchev–Trinajstić information content (AvgIpc) is 1.67. The predicted molar refractivity (Wildman–Crippen MR) is 34.1 cm³/mol. The van der Waals surface area contributed by atoms with E-state index in [9.17, 15) is 0 Å². The van der Waals surface area contributed by atoms with Crippen LogP contribution in [0.3, 0.4) is 0 Å². The van der Waals surface area contributed by atoms with Crippen LogP contribution >= 0.6 is 0 Å². The molecule has 2 nitrogen and oxygen atoms in total. The van der Waals surface area contributed by atoms with Crippen molar-refractivity contribution in [3.63, 3.8) is 0 Å². The smallest absolute Gasteiger partial charge is 0 e. The maximum atomic E-state index is 6.47. The van der Waals surface area contributed by atoms with Crippen LogP contribution in [-0.4, -0.2) is 25.0 Å². The van der Waals surface area contributed by atoms with E-state index in [0.717, 1.165) is 0 Å². The standard InChI is InChI=1S/C6H11N2.Re.Rf/c1-6(5-7-2)8(3)4;;/h5-6H,1,3-4H3;;/q-1;;. The third-order valence-corrected chi connectivity index (χ3v) is 1.10. The van der Waals surface area contributed by atoms with Gasteiger partial charge < -0.3 is 9.74 Å². The zero-order valence-corrected chi connectivity index (χ0v) is 15.7. The molecule has 0 fully saturated rings. The molecule has 4 heteroatoms. The van der Waals surface area contributed by atoms with Gasteiger partial charge in [0, 0.05) is 20.4 Å². The van der Waals surface area contributed by atoms with Crippen molar-refractivity contribution in [2.24, 2.45) is 0 Å². The first kappa shape index (κ1) is 16.0. The second kappa shape index (κ2) is 7.98. The zero-order valence-electron chi connectivity index (χ0n) is 6.63. The molecule has 0 heterocycles. The largest absolute Gasteiger partial charge is 0.460 e. The molecular weight excluding hydrogens is 553 g/mol. The van der Waals surface area contributed by atoms with Gasteiger partial charge in [0.1, 0.15) is 0 Å². The minimum atomic E-state index is 0. The first-order valence-electron chi connectivity index (χ1n) is 2.55. The molecule has 0 rings (SSSR count). The Morgan fingerprint density at radius 1 is 1.50 bits per heavy atom. The molecule has 0 aliphatic heterocycles. The normalized spacial score (nSPS) is 10.3. The summed E-state index contributed by atoms with van der Waals surface area (Å²) >= 11 is 0. The number of likely N-dealkylation sites (N-methyl/N-ethyl adjacent to an activating group) is 1. The summed E-state index contributed by atoms with van der Waals surface area (Å²) in [5.41, 5.74) is 0. The minimum absolute atomic E-state index is 0. The van der Waals surface area contributed by atoms with Gasteiger partial charge in [0.05, 0.1) is 0 Å². The van der Waals surface area contributed by atoms with E-state index >= 15 is 0 Å². The van der Waals surface area contributed by atoms with Crippen molar-refractivity contribution >= 4 is 0 Å². The molecule has 0 aromatic carbocycles. The van der Waals surface area contributed by atoms with Crippen LogP contribution in [0, 0.1) is 13.1 Å². The number of nitrogens with zero attached hydrogens (tertiary/aromatic N) is 2. The van der Waals surface area contributed by atoms with E-state index in [4.69, 9.17) is 6.57 Å². The SMILES string of the molecule is [C-]#[N+][CH-]C(C)N(C)C.[Re].[Rf]. The van der Waals surface area contributed by atoms with Gasteiger partial charge in [-0.3, -0.25) is 6.57 Å². The molecule has 0 aliphatic carbocycles. The first-order valence-corrected chi connectivity index (χ1v) is 2.55. The first-order chi connectivity index (χ1) is 3.68. The molecular formula is C6H11N2ReRf-. The van der Waals surface area contributed by atoms with Crippen LogP contribution in [-0.2, 0) is 20.4 Å². The number of hydrogen-bond donors (Lipinski definition) is 0. The van der Waals surface area contributed by atoms with Gasteiger partial charge in [-0.1, -0.05) is 6.92 Å². The van der Waals surface area contributed by atoms with Crippen LogP contribution in [0.5, 0.6) is 0 Å². The van der Waals surface area contributed by atoms with Gasteiger partial charge in [0.25, 0.3) is 0 Å². The van der Waals surface area contributed by atoms with Crippen molar-refractivity contribution in [2.45, 2.75) is 13.0 Å². The fraction of sp³-hybridized carbons (Fsp3) is 0.667. The van der Waals surface area contributed by atoms with Crippen LogP contribution in [0.1, 0.15) is 6.92 Å². The van der Waals surface area contributed by atoms with Crippen LogP contribution in [0.4, 0.5) is 0 Å². The van der Waals surface area contributed by atoms with Gasteiger partial charge in [0.2, 0.25) is 0 Å². The van der Waals surface area contributed by atoms with E-state index in [2.05, 4.69) is 4.85 Å². The molecule has 0 spiro atoms.